The number of carboxylic acid groups (broad SMARTS) is 1. The van der Waals surface area contributed by atoms with Crippen LogP contribution in [-0.2, 0) is 4.79 Å². The highest BCUT2D eigenvalue weighted by atomic mass is 16.4. The Hall–Kier alpha value is -0.830. The number of aliphatic carboxylic acids is 1. The number of rotatable bonds is 21. The molecule has 0 radical (unpaired) electrons. The van der Waals surface area contributed by atoms with E-state index < -0.39 is 5.97 Å². The number of hydrogen-bond acceptors (Lipinski definition) is 2. The van der Waals surface area contributed by atoms with Gasteiger partial charge in [0.15, 0.2) is 0 Å². The summed E-state index contributed by atoms with van der Waals surface area (Å²) < 4.78 is 0. The van der Waals surface area contributed by atoms with Gasteiger partial charge in [0.2, 0.25) is 0 Å². The average molecular weight is 383 g/mol. The fourth-order valence-corrected chi connectivity index (χ4v) is 3.41. The highest BCUT2D eigenvalue weighted by molar-refractivity contribution is 5.66. The summed E-state index contributed by atoms with van der Waals surface area (Å²) in [5.74, 6) is -0.666. The van der Waals surface area contributed by atoms with Crippen molar-refractivity contribution in [3.8, 4) is 0 Å². The van der Waals surface area contributed by atoms with Gasteiger partial charge in [-0.1, -0.05) is 109 Å². The van der Waals surface area contributed by atoms with Gasteiger partial charge in [0.1, 0.15) is 0 Å². The maximum atomic E-state index is 10.4. The minimum Gasteiger partial charge on any atom is -0.481 e. The van der Waals surface area contributed by atoms with Gasteiger partial charge < -0.3 is 10.2 Å². The molecule has 0 aliphatic rings. The maximum absolute atomic E-state index is 10.4. The zero-order valence-electron chi connectivity index (χ0n) is 18.0. The highest BCUT2D eigenvalue weighted by Gasteiger charge is 2.01. The van der Waals surface area contributed by atoms with Crippen molar-refractivity contribution in [2.45, 2.75) is 135 Å². The molecule has 3 nitrogen and oxygen atoms in total. The van der Waals surface area contributed by atoms with Crippen molar-refractivity contribution < 1.29 is 15.0 Å². The lowest BCUT2D eigenvalue weighted by Crippen LogP contribution is -2.04. The van der Waals surface area contributed by atoms with Gasteiger partial charge in [0.25, 0.3) is 0 Å². The molecule has 0 fully saturated rings. The second-order valence-electron chi connectivity index (χ2n) is 8.03. The quantitative estimate of drug-likeness (QED) is 0.160. The molecule has 0 saturated carbocycles. The molecule has 3 heteroatoms. The molecular weight excluding hydrogens is 336 g/mol. The summed E-state index contributed by atoms with van der Waals surface area (Å²) in [7, 11) is 0. The SMILES string of the molecule is CCCCC=CCC(O)CCCCCCCCCCCCCCCC(=O)O. The van der Waals surface area contributed by atoms with E-state index in [2.05, 4.69) is 19.1 Å². The Morgan fingerprint density at radius 1 is 0.741 bits per heavy atom. The van der Waals surface area contributed by atoms with Crippen LogP contribution in [0.1, 0.15) is 129 Å². The van der Waals surface area contributed by atoms with Gasteiger partial charge in [-0.2, -0.15) is 0 Å². The van der Waals surface area contributed by atoms with Gasteiger partial charge in [-0.15, -0.1) is 0 Å². The molecule has 0 saturated heterocycles. The number of hydrogen-bond donors (Lipinski definition) is 2. The van der Waals surface area contributed by atoms with Crippen LogP contribution in [-0.4, -0.2) is 22.3 Å². The minimum absolute atomic E-state index is 0.146. The van der Waals surface area contributed by atoms with Crippen molar-refractivity contribution in [1.82, 2.24) is 0 Å². The molecule has 2 N–H and O–H groups in total. The third kappa shape index (κ3) is 23.1. The Morgan fingerprint density at radius 3 is 1.70 bits per heavy atom. The summed E-state index contributed by atoms with van der Waals surface area (Å²) in [6.45, 7) is 2.21. The number of aliphatic hydroxyl groups excluding tert-OH is 1. The smallest absolute Gasteiger partial charge is 0.303 e. The molecule has 0 bridgehead atoms. The Kier molecular flexibility index (Phi) is 20.8. The monoisotopic (exact) mass is 382 g/mol. The summed E-state index contributed by atoms with van der Waals surface area (Å²) in [6, 6.07) is 0. The highest BCUT2D eigenvalue weighted by Crippen LogP contribution is 2.14. The summed E-state index contributed by atoms with van der Waals surface area (Å²) >= 11 is 0. The number of unbranched alkanes of at least 4 members (excludes halogenated alkanes) is 14. The first kappa shape index (κ1) is 26.2. The van der Waals surface area contributed by atoms with Crippen LogP contribution in [0.15, 0.2) is 12.2 Å². The zero-order chi connectivity index (χ0) is 20.0. The van der Waals surface area contributed by atoms with Gasteiger partial charge in [-0.05, 0) is 25.7 Å². The summed E-state index contributed by atoms with van der Waals surface area (Å²) in [6.07, 6.45) is 26.0. The lowest BCUT2D eigenvalue weighted by molar-refractivity contribution is -0.137. The molecule has 0 amide bonds. The van der Waals surface area contributed by atoms with E-state index in [4.69, 9.17) is 5.11 Å². The van der Waals surface area contributed by atoms with Crippen LogP contribution in [0, 0.1) is 0 Å². The van der Waals surface area contributed by atoms with E-state index in [1.54, 1.807) is 0 Å². The molecule has 0 spiro atoms. The van der Waals surface area contributed by atoms with Crippen LogP contribution >= 0.6 is 0 Å². The van der Waals surface area contributed by atoms with Crippen molar-refractivity contribution in [3.63, 3.8) is 0 Å². The van der Waals surface area contributed by atoms with E-state index in [1.807, 2.05) is 0 Å². The van der Waals surface area contributed by atoms with Crippen molar-refractivity contribution in [2.75, 3.05) is 0 Å². The lowest BCUT2D eigenvalue weighted by atomic mass is 10.0. The number of carbonyl (C=O) groups is 1. The Bertz CT molecular complexity index is 339. The van der Waals surface area contributed by atoms with E-state index in [-0.39, 0.29) is 6.10 Å². The summed E-state index contributed by atoms with van der Waals surface area (Å²) in [5, 5.41) is 18.5. The maximum Gasteiger partial charge on any atom is 0.303 e. The van der Waals surface area contributed by atoms with Crippen LogP contribution in [0.3, 0.4) is 0 Å². The van der Waals surface area contributed by atoms with Crippen molar-refractivity contribution in [1.29, 1.82) is 0 Å². The first-order chi connectivity index (χ1) is 13.2. The Balaban J connectivity index is 3.16. The Morgan fingerprint density at radius 2 is 1.22 bits per heavy atom. The van der Waals surface area contributed by atoms with E-state index in [0.717, 1.165) is 38.5 Å². The standard InChI is InChI=1S/C24H46O3/c1-2-3-4-14-17-20-23(25)21-18-15-12-10-8-6-5-7-9-11-13-16-19-22-24(26)27/h14,17,23,25H,2-13,15-16,18-22H2,1H3,(H,26,27). The number of allylic oxidation sites excluding steroid dienone is 1. The topological polar surface area (TPSA) is 57.5 Å². The summed E-state index contributed by atoms with van der Waals surface area (Å²) in [5.41, 5.74) is 0. The predicted octanol–water partition coefficient (Wildman–Crippen LogP) is 7.42. The van der Waals surface area contributed by atoms with Crippen LogP contribution in [0.25, 0.3) is 0 Å². The van der Waals surface area contributed by atoms with Crippen molar-refractivity contribution in [3.05, 3.63) is 12.2 Å². The van der Waals surface area contributed by atoms with E-state index in [0.29, 0.717) is 6.42 Å². The third-order valence-electron chi connectivity index (χ3n) is 5.23. The van der Waals surface area contributed by atoms with Crippen molar-refractivity contribution >= 4 is 5.97 Å². The molecule has 0 heterocycles. The molecular formula is C24H46O3. The number of carboxylic acids is 1. The first-order valence-electron chi connectivity index (χ1n) is 11.7. The van der Waals surface area contributed by atoms with Crippen LogP contribution in [0.4, 0.5) is 0 Å². The van der Waals surface area contributed by atoms with Crippen LogP contribution in [0.5, 0.6) is 0 Å². The summed E-state index contributed by atoms with van der Waals surface area (Å²) in [4.78, 5) is 10.4. The molecule has 1 atom stereocenters. The van der Waals surface area contributed by atoms with Gasteiger partial charge >= 0.3 is 5.97 Å². The van der Waals surface area contributed by atoms with E-state index >= 15 is 0 Å². The number of aliphatic hydroxyl groups is 1. The van der Waals surface area contributed by atoms with E-state index in [9.17, 15) is 9.90 Å². The molecule has 0 aromatic rings. The van der Waals surface area contributed by atoms with Crippen LogP contribution < -0.4 is 0 Å². The van der Waals surface area contributed by atoms with Gasteiger partial charge in [0.05, 0.1) is 6.10 Å². The molecule has 0 aliphatic heterocycles. The fourth-order valence-electron chi connectivity index (χ4n) is 3.41. The normalized spacial score (nSPS) is 12.7. The van der Waals surface area contributed by atoms with Gasteiger partial charge in [0, 0.05) is 6.42 Å². The average Bonchev–Trinajstić information content (AvgIpc) is 2.64. The molecule has 1 unspecified atom stereocenters. The van der Waals surface area contributed by atoms with E-state index in [1.165, 1.54) is 77.0 Å². The largest absolute Gasteiger partial charge is 0.481 e. The van der Waals surface area contributed by atoms with Gasteiger partial charge in [-0.25, -0.2) is 0 Å². The first-order valence-corrected chi connectivity index (χ1v) is 11.7. The molecule has 160 valence electrons. The second-order valence-corrected chi connectivity index (χ2v) is 8.03. The second kappa shape index (κ2) is 21.5. The minimum atomic E-state index is -0.666. The molecule has 0 aromatic heterocycles. The van der Waals surface area contributed by atoms with Gasteiger partial charge in [-0.3, -0.25) is 4.79 Å². The predicted molar refractivity (Wildman–Crippen MR) is 116 cm³/mol. The Labute approximate surface area is 168 Å². The lowest BCUT2D eigenvalue weighted by Gasteiger charge is -2.07. The fraction of sp³-hybridized carbons (Fsp3) is 0.875. The molecule has 0 rings (SSSR count). The van der Waals surface area contributed by atoms with Crippen molar-refractivity contribution in [2.24, 2.45) is 0 Å². The third-order valence-corrected chi connectivity index (χ3v) is 5.23. The molecule has 0 aromatic carbocycles. The zero-order valence-corrected chi connectivity index (χ0v) is 18.0. The molecule has 27 heavy (non-hydrogen) atoms. The molecule has 0 aliphatic carbocycles. The van der Waals surface area contributed by atoms with Crippen LogP contribution in [0.2, 0.25) is 0 Å².